The summed E-state index contributed by atoms with van der Waals surface area (Å²) in [5, 5.41) is 13.6. The molecule has 110 valence electrons. The number of hydrogen-bond donors (Lipinski definition) is 3. The van der Waals surface area contributed by atoms with E-state index in [0.29, 0.717) is 12.4 Å². The van der Waals surface area contributed by atoms with Crippen molar-refractivity contribution in [2.75, 3.05) is 25.2 Å². The smallest absolute Gasteiger partial charge is 0.315 e. The van der Waals surface area contributed by atoms with Crippen LogP contribution in [-0.4, -0.2) is 44.0 Å². The van der Waals surface area contributed by atoms with Crippen molar-refractivity contribution < 1.29 is 12.8 Å². The van der Waals surface area contributed by atoms with E-state index in [1.165, 1.54) is 0 Å². The topological polar surface area (TPSA) is 109 Å². The zero-order chi connectivity index (χ0) is 14.7. The fraction of sp³-hybridized carbons (Fsp3) is 0.800. The van der Waals surface area contributed by atoms with Crippen molar-refractivity contribution in [2.45, 2.75) is 32.4 Å². The average molecular weight is 291 g/mol. The van der Waals surface area contributed by atoms with Crippen LogP contribution >= 0.6 is 0 Å². The Morgan fingerprint density at radius 2 is 2.00 bits per heavy atom. The average Bonchev–Trinajstić information content (AvgIpc) is 2.71. The minimum atomic E-state index is -3.27. The Hall–Kier alpha value is -1.19. The molecule has 1 atom stereocenters. The molecule has 0 saturated carbocycles. The van der Waals surface area contributed by atoms with Crippen molar-refractivity contribution in [1.82, 2.24) is 20.2 Å². The molecular weight excluding hydrogens is 270 g/mol. The molecule has 1 heterocycles. The van der Waals surface area contributed by atoms with Gasteiger partial charge < -0.3 is 15.1 Å². The van der Waals surface area contributed by atoms with Crippen LogP contribution in [0.25, 0.3) is 0 Å². The summed E-state index contributed by atoms with van der Waals surface area (Å²) in [6, 6.07) is 0.227. The van der Waals surface area contributed by atoms with Gasteiger partial charge in [-0.3, -0.25) is 0 Å². The quantitative estimate of drug-likeness (QED) is 0.653. The van der Waals surface area contributed by atoms with Crippen molar-refractivity contribution in [1.29, 1.82) is 0 Å². The molecule has 0 amide bonds. The highest BCUT2D eigenvalue weighted by molar-refractivity contribution is 7.88. The third-order valence-electron chi connectivity index (χ3n) is 2.39. The van der Waals surface area contributed by atoms with Crippen LogP contribution in [0.15, 0.2) is 4.42 Å². The van der Waals surface area contributed by atoms with E-state index in [1.54, 1.807) is 20.9 Å². The SMILES string of the molecule is CNC(C)c1nnc(NCC(C)(C)NS(C)(=O)=O)o1. The van der Waals surface area contributed by atoms with Gasteiger partial charge in [0.1, 0.15) is 0 Å². The van der Waals surface area contributed by atoms with Crippen LogP contribution in [0.3, 0.4) is 0 Å². The predicted octanol–water partition coefficient (Wildman–Crippen LogP) is 0.0897. The number of rotatable bonds is 7. The molecule has 8 nitrogen and oxygen atoms in total. The zero-order valence-electron chi connectivity index (χ0n) is 11.8. The van der Waals surface area contributed by atoms with Gasteiger partial charge in [-0.2, -0.15) is 0 Å². The van der Waals surface area contributed by atoms with E-state index in [2.05, 4.69) is 25.6 Å². The van der Waals surface area contributed by atoms with Crippen molar-refractivity contribution in [3.8, 4) is 0 Å². The Bertz CT molecular complexity index is 511. The van der Waals surface area contributed by atoms with Gasteiger partial charge in [0.05, 0.1) is 12.3 Å². The van der Waals surface area contributed by atoms with Crippen molar-refractivity contribution in [2.24, 2.45) is 0 Å². The van der Waals surface area contributed by atoms with Crippen molar-refractivity contribution in [3.05, 3.63) is 5.89 Å². The van der Waals surface area contributed by atoms with E-state index in [-0.39, 0.29) is 12.1 Å². The lowest BCUT2D eigenvalue weighted by Crippen LogP contribution is -2.47. The minimum absolute atomic E-state index is 0.0368. The molecule has 0 aliphatic carbocycles. The summed E-state index contributed by atoms with van der Waals surface area (Å²) in [4.78, 5) is 0. The van der Waals surface area contributed by atoms with Gasteiger partial charge in [0.15, 0.2) is 0 Å². The van der Waals surface area contributed by atoms with Gasteiger partial charge in [0, 0.05) is 12.1 Å². The molecule has 0 spiro atoms. The van der Waals surface area contributed by atoms with Crippen LogP contribution in [0.5, 0.6) is 0 Å². The number of hydrogen-bond acceptors (Lipinski definition) is 7. The van der Waals surface area contributed by atoms with E-state index in [0.717, 1.165) is 6.26 Å². The molecule has 1 aromatic rings. The van der Waals surface area contributed by atoms with Gasteiger partial charge in [-0.25, -0.2) is 13.1 Å². The van der Waals surface area contributed by atoms with Crippen molar-refractivity contribution >= 4 is 16.0 Å². The third kappa shape index (κ3) is 5.53. The van der Waals surface area contributed by atoms with Crippen LogP contribution in [-0.2, 0) is 10.0 Å². The zero-order valence-corrected chi connectivity index (χ0v) is 12.6. The third-order valence-corrected chi connectivity index (χ3v) is 3.31. The largest absolute Gasteiger partial charge is 0.406 e. The highest BCUT2D eigenvalue weighted by Gasteiger charge is 2.23. The first-order valence-corrected chi connectivity index (χ1v) is 7.75. The summed E-state index contributed by atoms with van der Waals surface area (Å²) in [5.41, 5.74) is -0.656. The Kier molecular flexibility index (Phi) is 4.88. The summed E-state index contributed by atoms with van der Waals surface area (Å²) >= 11 is 0. The molecule has 0 radical (unpaired) electrons. The number of aromatic nitrogens is 2. The fourth-order valence-corrected chi connectivity index (χ4v) is 2.51. The molecule has 0 aliphatic rings. The minimum Gasteiger partial charge on any atom is -0.406 e. The first kappa shape index (κ1) is 15.9. The molecular formula is C10H21N5O3S. The molecule has 0 bridgehead atoms. The maximum absolute atomic E-state index is 11.2. The van der Waals surface area contributed by atoms with Gasteiger partial charge in [-0.1, -0.05) is 5.10 Å². The second-order valence-corrected chi connectivity index (χ2v) is 6.82. The maximum Gasteiger partial charge on any atom is 0.315 e. The second-order valence-electron chi connectivity index (χ2n) is 5.07. The molecule has 1 aromatic heterocycles. The number of sulfonamides is 1. The van der Waals surface area contributed by atoms with E-state index in [4.69, 9.17) is 4.42 Å². The summed E-state index contributed by atoms with van der Waals surface area (Å²) in [6.45, 7) is 5.74. The fourth-order valence-electron chi connectivity index (χ4n) is 1.44. The summed E-state index contributed by atoms with van der Waals surface area (Å²) in [6.07, 6.45) is 1.12. The predicted molar refractivity (Wildman–Crippen MR) is 72.3 cm³/mol. The lowest BCUT2D eigenvalue weighted by atomic mass is 10.1. The normalized spacial score (nSPS) is 14.4. The molecule has 9 heteroatoms. The number of nitrogens with one attached hydrogen (secondary N) is 3. The molecule has 0 aromatic carbocycles. The molecule has 1 unspecified atom stereocenters. The van der Waals surface area contributed by atoms with Crippen LogP contribution < -0.4 is 15.4 Å². The second kappa shape index (κ2) is 5.85. The van der Waals surface area contributed by atoms with Crippen LogP contribution in [0.4, 0.5) is 6.01 Å². The first-order valence-electron chi connectivity index (χ1n) is 5.86. The Balaban J connectivity index is 2.59. The highest BCUT2D eigenvalue weighted by atomic mass is 32.2. The first-order chi connectivity index (χ1) is 8.63. The summed E-state index contributed by atoms with van der Waals surface area (Å²) < 4.78 is 30.3. The van der Waals surface area contributed by atoms with Crippen molar-refractivity contribution in [3.63, 3.8) is 0 Å². The summed E-state index contributed by atoms with van der Waals surface area (Å²) in [5.74, 6) is 0.471. The molecule has 0 aliphatic heterocycles. The van der Waals surface area contributed by atoms with E-state index in [9.17, 15) is 8.42 Å². The van der Waals surface area contributed by atoms with Gasteiger partial charge in [-0.15, -0.1) is 5.10 Å². The van der Waals surface area contributed by atoms with E-state index in [1.807, 2.05) is 6.92 Å². The molecule has 0 saturated heterocycles. The maximum atomic E-state index is 11.2. The van der Waals surface area contributed by atoms with Crippen LogP contribution in [0.2, 0.25) is 0 Å². The molecule has 1 rings (SSSR count). The monoisotopic (exact) mass is 291 g/mol. The van der Waals surface area contributed by atoms with E-state index < -0.39 is 15.6 Å². The van der Waals surface area contributed by atoms with Crippen LogP contribution in [0, 0.1) is 0 Å². The molecule has 19 heavy (non-hydrogen) atoms. The standard InChI is InChI=1S/C10H21N5O3S/c1-7(11-4)8-13-14-9(18-8)12-6-10(2,3)15-19(5,16)17/h7,11,15H,6H2,1-5H3,(H,12,14). The van der Waals surface area contributed by atoms with E-state index >= 15 is 0 Å². The van der Waals surface area contributed by atoms with Gasteiger partial charge in [0.25, 0.3) is 0 Å². The summed E-state index contributed by atoms with van der Waals surface area (Å²) in [7, 11) is -1.47. The van der Waals surface area contributed by atoms with Gasteiger partial charge >= 0.3 is 6.01 Å². The number of nitrogens with zero attached hydrogens (tertiary/aromatic N) is 2. The Morgan fingerprint density at radius 3 is 2.53 bits per heavy atom. The lowest BCUT2D eigenvalue weighted by molar-refractivity contribution is 0.431. The number of anilines is 1. The highest BCUT2D eigenvalue weighted by Crippen LogP contribution is 2.14. The van der Waals surface area contributed by atoms with Gasteiger partial charge in [-0.05, 0) is 27.8 Å². The van der Waals surface area contributed by atoms with Crippen LogP contribution in [0.1, 0.15) is 32.7 Å². The Labute approximate surface area is 113 Å². The molecule has 0 fully saturated rings. The van der Waals surface area contributed by atoms with Gasteiger partial charge in [0.2, 0.25) is 15.9 Å². The lowest BCUT2D eigenvalue weighted by Gasteiger charge is -2.24. The Morgan fingerprint density at radius 1 is 1.37 bits per heavy atom. The molecule has 3 N–H and O–H groups in total.